The highest BCUT2D eigenvalue weighted by Gasteiger charge is 2.54. The molecule has 2 saturated carbocycles. The number of nitrogens with zero attached hydrogens (tertiary/aromatic N) is 2. The van der Waals surface area contributed by atoms with Crippen LogP contribution in [-0.2, 0) is 6.42 Å². The molecular formula is C28H31N3O2. The van der Waals surface area contributed by atoms with Crippen LogP contribution in [0.15, 0.2) is 48.5 Å². The third-order valence-corrected chi connectivity index (χ3v) is 8.88. The maximum atomic E-state index is 11.0. The number of aliphatic hydroxyl groups excluding tert-OH is 1. The Morgan fingerprint density at radius 1 is 0.970 bits per heavy atom. The smallest absolute Gasteiger partial charge is 0.221 e. The predicted molar refractivity (Wildman–Crippen MR) is 130 cm³/mol. The normalized spacial score (nSPS) is 30.4. The van der Waals surface area contributed by atoms with E-state index in [2.05, 4.69) is 23.0 Å². The van der Waals surface area contributed by atoms with E-state index in [4.69, 9.17) is 5.73 Å². The fourth-order valence-corrected chi connectivity index (χ4v) is 7.15. The molecule has 33 heavy (non-hydrogen) atoms. The van der Waals surface area contributed by atoms with Crippen LogP contribution in [0.3, 0.4) is 0 Å². The molecule has 3 aliphatic carbocycles. The van der Waals surface area contributed by atoms with Crippen molar-refractivity contribution >= 4 is 5.95 Å². The summed E-state index contributed by atoms with van der Waals surface area (Å²) in [6, 6.07) is 15.9. The molecule has 1 aromatic heterocycles. The Morgan fingerprint density at radius 3 is 2.58 bits per heavy atom. The number of benzene rings is 2. The largest absolute Gasteiger partial charge is 0.507 e. The molecule has 0 aliphatic heterocycles. The van der Waals surface area contributed by atoms with E-state index in [9.17, 15) is 10.2 Å². The van der Waals surface area contributed by atoms with E-state index in [-0.39, 0.29) is 23.2 Å². The van der Waals surface area contributed by atoms with Crippen molar-refractivity contribution in [1.82, 2.24) is 9.97 Å². The summed E-state index contributed by atoms with van der Waals surface area (Å²) in [7, 11) is 0. The average molecular weight is 442 g/mol. The third-order valence-electron chi connectivity index (χ3n) is 8.88. The van der Waals surface area contributed by atoms with Crippen LogP contribution in [0.4, 0.5) is 5.95 Å². The lowest BCUT2D eigenvalue weighted by molar-refractivity contribution is -0.0226. The van der Waals surface area contributed by atoms with E-state index < -0.39 is 0 Å². The molecule has 4 N–H and O–H groups in total. The minimum absolute atomic E-state index is 0.0596. The number of aromatic nitrogens is 2. The zero-order valence-electron chi connectivity index (χ0n) is 19.0. The number of nitrogens with two attached hydrogens (primary N) is 1. The Hall–Kier alpha value is -2.92. The standard InChI is InChI=1S/C28H31N3O2/c1-28-12-11-18-19(22(28)9-10-26(28)33)8-7-17-13-25(32)21(14-20(17)18)24-15-23(30-27(29)31-24)16-5-3-2-4-6-16/h2-6,13-15,18-19,22,26,32-33H,7-12H2,1H3,(H2,29,30,31)/t18-,19+,22-,26-,28-/m0/s1. The molecule has 0 unspecified atom stereocenters. The van der Waals surface area contributed by atoms with Crippen molar-refractivity contribution in [3.05, 3.63) is 59.7 Å². The summed E-state index contributed by atoms with van der Waals surface area (Å²) in [5.74, 6) is 2.11. The zero-order valence-corrected chi connectivity index (χ0v) is 19.0. The molecule has 6 rings (SSSR count). The van der Waals surface area contributed by atoms with E-state index in [1.807, 2.05) is 42.5 Å². The van der Waals surface area contributed by atoms with Gasteiger partial charge in [-0.15, -0.1) is 0 Å². The minimum Gasteiger partial charge on any atom is -0.507 e. The van der Waals surface area contributed by atoms with E-state index in [0.29, 0.717) is 23.4 Å². The lowest BCUT2D eigenvalue weighted by Crippen LogP contribution is -2.43. The van der Waals surface area contributed by atoms with Gasteiger partial charge in [0.1, 0.15) is 5.75 Å². The van der Waals surface area contributed by atoms with Gasteiger partial charge < -0.3 is 15.9 Å². The van der Waals surface area contributed by atoms with Crippen molar-refractivity contribution in [2.45, 2.75) is 57.5 Å². The molecule has 0 spiro atoms. The first-order valence-electron chi connectivity index (χ1n) is 12.2. The highest BCUT2D eigenvalue weighted by molar-refractivity contribution is 5.74. The maximum absolute atomic E-state index is 11.0. The van der Waals surface area contributed by atoms with Gasteiger partial charge in [0.15, 0.2) is 0 Å². The number of fused-ring (bicyclic) bond motifs is 5. The molecule has 5 atom stereocenters. The van der Waals surface area contributed by atoms with Crippen molar-refractivity contribution in [3.63, 3.8) is 0 Å². The second kappa shape index (κ2) is 7.56. The fourth-order valence-electron chi connectivity index (χ4n) is 7.15. The number of aryl methyl sites for hydroxylation is 1. The SMILES string of the molecule is C[C@]12CC[C@@H]3c4cc(-c5cc(-c6ccccc6)nc(N)n5)c(O)cc4CC[C@H]3[C@@H]1CC[C@@H]2O. The Balaban J connectivity index is 1.41. The molecular weight excluding hydrogens is 410 g/mol. The van der Waals surface area contributed by atoms with E-state index in [0.717, 1.165) is 55.3 Å². The van der Waals surface area contributed by atoms with Crippen LogP contribution in [-0.4, -0.2) is 26.3 Å². The van der Waals surface area contributed by atoms with E-state index in [1.54, 1.807) is 0 Å². The van der Waals surface area contributed by atoms with Gasteiger partial charge in [0.05, 0.1) is 17.5 Å². The van der Waals surface area contributed by atoms with Crippen LogP contribution in [0.1, 0.15) is 56.1 Å². The van der Waals surface area contributed by atoms with E-state index >= 15 is 0 Å². The van der Waals surface area contributed by atoms with Gasteiger partial charge in [0, 0.05) is 11.1 Å². The topological polar surface area (TPSA) is 92.3 Å². The Labute approximate surface area is 194 Å². The molecule has 0 saturated heterocycles. The lowest BCUT2D eigenvalue weighted by Gasteiger charge is -2.50. The second-order valence-corrected chi connectivity index (χ2v) is 10.5. The molecule has 2 fully saturated rings. The van der Waals surface area contributed by atoms with Crippen molar-refractivity contribution < 1.29 is 10.2 Å². The molecule has 3 aliphatic rings. The van der Waals surface area contributed by atoms with E-state index in [1.165, 1.54) is 11.1 Å². The van der Waals surface area contributed by atoms with Gasteiger partial charge >= 0.3 is 0 Å². The van der Waals surface area contributed by atoms with Gasteiger partial charge in [-0.3, -0.25) is 0 Å². The van der Waals surface area contributed by atoms with Gasteiger partial charge in [-0.05, 0) is 91.0 Å². The summed E-state index contributed by atoms with van der Waals surface area (Å²) in [4.78, 5) is 8.92. The Morgan fingerprint density at radius 2 is 1.76 bits per heavy atom. The van der Waals surface area contributed by atoms with Crippen molar-refractivity contribution in [1.29, 1.82) is 0 Å². The molecule has 2 aromatic carbocycles. The van der Waals surface area contributed by atoms with Gasteiger partial charge in [-0.25, -0.2) is 9.97 Å². The lowest BCUT2D eigenvalue weighted by atomic mass is 9.55. The number of hydrogen-bond donors (Lipinski definition) is 3. The number of aromatic hydroxyl groups is 1. The molecule has 5 heteroatoms. The van der Waals surface area contributed by atoms with Crippen molar-refractivity contribution in [2.75, 3.05) is 5.73 Å². The summed E-state index contributed by atoms with van der Waals surface area (Å²) >= 11 is 0. The third kappa shape index (κ3) is 3.24. The average Bonchev–Trinajstić information content (AvgIpc) is 3.13. The van der Waals surface area contributed by atoms with Crippen LogP contribution in [0.2, 0.25) is 0 Å². The molecule has 0 bridgehead atoms. The predicted octanol–water partition coefficient (Wildman–Crippen LogP) is 5.32. The fraction of sp³-hybridized carbons (Fsp3) is 0.429. The number of nitrogen functional groups attached to an aromatic ring is 1. The molecule has 3 aromatic rings. The minimum atomic E-state index is -0.166. The van der Waals surface area contributed by atoms with Crippen molar-refractivity contribution in [2.24, 2.45) is 17.3 Å². The zero-order chi connectivity index (χ0) is 22.7. The quantitative estimate of drug-likeness (QED) is 0.501. The summed E-state index contributed by atoms with van der Waals surface area (Å²) in [6.07, 6.45) is 6.17. The van der Waals surface area contributed by atoms with Crippen LogP contribution in [0, 0.1) is 17.3 Å². The maximum Gasteiger partial charge on any atom is 0.221 e. The second-order valence-electron chi connectivity index (χ2n) is 10.5. The summed E-state index contributed by atoms with van der Waals surface area (Å²) in [5.41, 5.74) is 11.8. The van der Waals surface area contributed by atoms with Gasteiger partial charge in [0.25, 0.3) is 0 Å². The summed E-state index contributed by atoms with van der Waals surface area (Å²) < 4.78 is 0. The number of hydrogen-bond acceptors (Lipinski definition) is 5. The highest BCUT2D eigenvalue weighted by atomic mass is 16.3. The molecule has 0 radical (unpaired) electrons. The first-order chi connectivity index (χ1) is 15.9. The molecule has 170 valence electrons. The van der Waals surface area contributed by atoms with Gasteiger partial charge in [0.2, 0.25) is 5.95 Å². The molecule has 1 heterocycles. The summed E-state index contributed by atoms with van der Waals surface area (Å²) in [5, 5.41) is 21.6. The van der Waals surface area contributed by atoms with Gasteiger partial charge in [-0.2, -0.15) is 0 Å². The first kappa shape index (κ1) is 20.7. The number of phenols is 1. The highest BCUT2D eigenvalue weighted by Crippen LogP contribution is 2.61. The van der Waals surface area contributed by atoms with Crippen LogP contribution < -0.4 is 5.73 Å². The van der Waals surface area contributed by atoms with Crippen molar-refractivity contribution in [3.8, 4) is 28.3 Å². The first-order valence-corrected chi connectivity index (χ1v) is 12.2. The monoisotopic (exact) mass is 441 g/mol. The van der Waals surface area contributed by atoms with Crippen LogP contribution in [0.5, 0.6) is 5.75 Å². The summed E-state index contributed by atoms with van der Waals surface area (Å²) in [6.45, 7) is 2.30. The number of anilines is 1. The Bertz CT molecular complexity index is 1210. The Kier molecular flexibility index (Phi) is 4.73. The molecule has 0 amide bonds. The van der Waals surface area contributed by atoms with Gasteiger partial charge in [-0.1, -0.05) is 37.3 Å². The van der Waals surface area contributed by atoms with Crippen LogP contribution >= 0.6 is 0 Å². The number of phenolic OH excluding ortho intramolecular Hbond substituents is 1. The number of aliphatic hydroxyl groups is 1. The number of rotatable bonds is 2. The molecule has 5 nitrogen and oxygen atoms in total. The van der Waals surface area contributed by atoms with Crippen LogP contribution in [0.25, 0.3) is 22.5 Å².